The minimum absolute atomic E-state index is 0.156. The number of halogens is 1. The summed E-state index contributed by atoms with van der Waals surface area (Å²) < 4.78 is 14.0. The van der Waals surface area contributed by atoms with Gasteiger partial charge in [-0.3, -0.25) is 0 Å². The van der Waals surface area contributed by atoms with Crippen molar-refractivity contribution < 1.29 is 4.39 Å². The minimum atomic E-state index is -0.156. The Labute approximate surface area is 160 Å². The molecular formula is C21H28FN5. The zero-order valence-electron chi connectivity index (χ0n) is 15.8. The summed E-state index contributed by atoms with van der Waals surface area (Å²) >= 11 is 0. The van der Waals surface area contributed by atoms with Crippen LogP contribution in [-0.2, 0) is 0 Å². The van der Waals surface area contributed by atoms with Crippen molar-refractivity contribution in [2.75, 3.05) is 41.3 Å². The third kappa shape index (κ3) is 4.49. The molecule has 1 aromatic heterocycles. The van der Waals surface area contributed by atoms with Crippen LogP contribution in [0, 0.1) is 5.82 Å². The Morgan fingerprint density at radius 1 is 0.889 bits per heavy atom. The van der Waals surface area contributed by atoms with Crippen molar-refractivity contribution in [3.05, 3.63) is 42.3 Å². The van der Waals surface area contributed by atoms with Crippen LogP contribution in [0.15, 0.2) is 36.5 Å². The second-order valence-corrected chi connectivity index (χ2v) is 7.50. The van der Waals surface area contributed by atoms with Crippen LogP contribution in [0.25, 0.3) is 0 Å². The Hall–Kier alpha value is -2.37. The second-order valence-electron chi connectivity index (χ2n) is 7.50. The average Bonchev–Trinajstić information content (AvgIpc) is 2.97. The molecule has 1 saturated carbocycles. The molecule has 0 amide bonds. The van der Waals surface area contributed by atoms with Crippen molar-refractivity contribution in [3.63, 3.8) is 0 Å². The molecule has 0 atom stereocenters. The average molecular weight is 369 g/mol. The molecule has 27 heavy (non-hydrogen) atoms. The minimum Gasteiger partial charge on any atom is -0.367 e. The number of para-hydroxylation sites is 1. The molecule has 1 aromatic carbocycles. The molecular weight excluding hydrogens is 341 g/mol. The van der Waals surface area contributed by atoms with Crippen LogP contribution in [0.2, 0.25) is 0 Å². The molecule has 1 saturated heterocycles. The maximum atomic E-state index is 14.0. The lowest BCUT2D eigenvalue weighted by Gasteiger charge is -2.36. The predicted octanol–water partition coefficient (Wildman–Crippen LogP) is 4.08. The van der Waals surface area contributed by atoms with Crippen LogP contribution < -0.4 is 15.1 Å². The summed E-state index contributed by atoms with van der Waals surface area (Å²) in [6, 6.07) is 9.47. The number of rotatable bonds is 4. The standard InChI is InChI=1S/C21H28FN5/c22-18-9-5-6-10-19(18)26-13-15-27(16-14-26)21-23-12-11-20(25-21)24-17-7-3-1-2-4-8-17/h5-6,9-12,17H,1-4,7-8,13-16H2,(H,23,24,25). The van der Waals surface area contributed by atoms with Crippen LogP contribution >= 0.6 is 0 Å². The first-order valence-corrected chi connectivity index (χ1v) is 10.1. The van der Waals surface area contributed by atoms with E-state index in [1.165, 1.54) is 44.6 Å². The lowest BCUT2D eigenvalue weighted by Crippen LogP contribution is -2.47. The monoisotopic (exact) mass is 369 g/mol. The quantitative estimate of drug-likeness (QED) is 0.823. The maximum absolute atomic E-state index is 14.0. The summed E-state index contributed by atoms with van der Waals surface area (Å²) in [5.41, 5.74) is 0.682. The highest BCUT2D eigenvalue weighted by molar-refractivity contribution is 5.50. The second kappa shape index (κ2) is 8.55. The largest absolute Gasteiger partial charge is 0.367 e. The Morgan fingerprint density at radius 3 is 2.33 bits per heavy atom. The van der Waals surface area contributed by atoms with Crippen LogP contribution in [-0.4, -0.2) is 42.2 Å². The molecule has 0 bridgehead atoms. The van der Waals surface area contributed by atoms with Gasteiger partial charge in [0.1, 0.15) is 11.6 Å². The number of nitrogens with one attached hydrogen (secondary N) is 1. The molecule has 1 aliphatic carbocycles. The highest BCUT2D eigenvalue weighted by Crippen LogP contribution is 2.23. The third-order valence-electron chi connectivity index (χ3n) is 5.61. The molecule has 2 heterocycles. The van der Waals surface area contributed by atoms with E-state index in [0.717, 1.165) is 37.9 Å². The van der Waals surface area contributed by atoms with Gasteiger partial charge < -0.3 is 15.1 Å². The van der Waals surface area contributed by atoms with Crippen LogP contribution in [0.3, 0.4) is 0 Å². The molecule has 6 heteroatoms. The van der Waals surface area contributed by atoms with E-state index in [1.54, 1.807) is 6.07 Å². The Balaban J connectivity index is 1.37. The molecule has 1 N–H and O–H groups in total. The topological polar surface area (TPSA) is 44.3 Å². The summed E-state index contributed by atoms with van der Waals surface area (Å²) in [5.74, 6) is 1.53. The van der Waals surface area contributed by atoms with Crippen LogP contribution in [0.4, 0.5) is 21.8 Å². The third-order valence-corrected chi connectivity index (χ3v) is 5.61. The van der Waals surface area contributed by atoms with Crippen molar-refractivity contribution in [2.45, 2.75) is 44.6 Å². The highest BCUT2D eigenvalue weighted by Gasteiger charge is 2.21. The zero-order chi connectivity index (χ0) is 18.5. The van der Waals surface area contributed by atoms with Crippen molar-refractivity contribution >= 4 is 17.5 Å². The number of nitrogens with zero attached hydrogens (tertiary/aromatic N) is 4. The van der Waals surface area contributed by atoms with Gasteiger partial charge in [-0.25, -0.2) is 9.37 Å². The molecule has 2 aliphatic rings. The maximum Gasteiger partial charge on any atom is 0.227 e. The number of benzene rings is 1. The summed E-state index contributed by atoms with van der Waals surface area (Å²) in [4.78, 5) is 13.5. The van der Waals surface area contributed by atoms with Gasteiger partial charge in [-0.05, 0) is 31.0 Å². The number of hydrogen-bond donors (Lipinski definition) is 1. The Kier molecular flexibility index (Phi) is 5.70. The normalized spacial score (nSPS) is 19.0. The van der Waals surface area contributed by atoms with Gasteiger partial charge in [-0.2, -0.15) is 4.98 Å². The van der Waals surface area contributed by atoms with Gasteiger partial charge >= 0.3 is 0 Å². The van der Waals surface area contributed by atoms with E-state index in [-0.39, 0.29) is 5.82 Å². The number of piperazine rings is 1. The fraction of sp³-hybridized carbons (Fsp3) is 0.524. The summed E-state index contributed by atoms with van der Waals surface area (Å²) in [6.45, 7) is 3.12. The van der Waals surface area contributed by atoms with Crippen LogP contribution in [0.1, 0.15) is 38.5 Å². The molecule has 144 valence electrons. The highest BCUT2D eigenvalue weighted by atomic mass is 19.1. The lowest BCUT2D eigenvalue weighted by molar-refractivity contribution is 0.593. The van der Waals surface area contributed by atoms with E-state index >= 15 is 0 Å². The van der Waals surface area contributed by atoms with Gasteiger partial charge in [-0.1, -0.05) is 37.8 Å². The first kappa shape index (κ1) is 18.0. The fourth-order valence-electron chi connectivity index (χ4n) is 4.07. The molecule has 2 fully saturated rings. The van der Waals surface area contributed by atoms with Crippen molar-refractivity contribution in [1.29, 1.82) is 0 Å². The van der Waals surface area contributed by atoms with E-state index in [1.807, 2.05) is 24.4 Å². The molecule has 0 unspecified atom stereocenters. The molecule has 0 spiro atoms. The number of aromatic nitrogens is 2. The van der Waals surface area contributed by atoms with Crippen LogP contribution in [0.5, 0.6) is 0 Å². The van der Waals surface area contributed by atoms with Gasteiger partial charge in [0.2, 0.25) is 5.95 Å². The molecule has 2 aromatic rings. The smallest absolute Gasteiger partial charge is 0.227 e. The van der Waals surface area contributed by atoms with E-state index in [0.29, 0.717) is 11.7 Å². The number of anilines is 3. The number of hydrogen-bond acceptors (Lipinski definition) is 5. The van der Waals surface area contributed by atoms with E-state index in [4.69, 9.17) is 4.98 Å². The van der Waals surface area contributed by atoms with E-state index < -0.39 is 0 Å². The van der Waals surface area contributed by atoms with Gasteiger partial charge in [0.25, 0.3) is 0 Å². The molecule has 4 rings (SSSR count). The van der Waals surface area contributed by atoms with Gasteiger partial charge in [-0.15, -0.1) is 0 Å². The van der Waals surface area contributed by atoms with E-state index in [9.17, 15) is 4.39 Å². The first-order valence-electron chi connectivity index (χ1n) is 10.1. The van der Waals surface area contributed by atoms with Gasteiger partial charge in [0, 0.05) is 38.4 Å². The Morgan fingerprint density at radius 2 is 1.59 bits per heavy atom. The van der Waals surface area contributed by atoms with Crippen molar-refractivity contribution in [1.82, 2.24) is 9.97 Å². The molecule has 1 aliphatic heterocycles. The molecule has 0 radical (unpaired) electrons. The van der Waals surface area contributed by atoms with Gasteiger partial charge in [0.15, 0.2) is 0 Å². The van der Waals surface area contributed by atoms with Crippen molar-refractivity contribution in [2.24, 2.45) is 0 Å². The summed E-state index contributed by atoms with van der Waals surface area (Å²) in [7, 11) is 0. The SMILES string of the molecule is Fc1ccccc1N1CCN(c2nccc(NC3CCCCCC3)n2)CC1. The zero-order valence-corrected chi connectivity index (χ0v) is 15.8. The Bertz CT molecular complexity index is 737. The van der Waals surface area contributed by atoms with Gasteiger partial charge in [0.05, 0.1) is 5.69 Å². The summed E-state index contributed by atoms with van der Waals surface area (Å²) in [5, 5.41) is 3.60. The van der Waals surface area contributed by atoms with Crippen molar-refractivity contribution in [3.8, 4) is 0 Å². The molecule has 5 nitrogen and oxygen atoms in total. The van der Waals surface area contributed by atoms with E-state index in [2.05, 4.69) is 20.1 Å². The fourth-order valence-corrected chi connectivity index (χ4v) is 4.07. The summed E-state index contributed by atoms with van der Waals surface area (Å²) in [6.07, 6.45) is 9.58. The predicted molar refractivity (Wildman–Crippen MR) is 108 cm³/mol. The first-order chi connectivity index (χ1) is 13.3. The lowest BCUT2D eigenvalue weighted by atomic mass is 10.1.